The van der Waals surface area contributed by atoms with Gasteiger partial charge < -0.3 is 32.9 Å². The molecule has 1 N–H and O–H groups in total. The van der Waals surface area contributed by atoms with Gasteiger partial charge in [-0.05, 0) is 83.3 Å². The third-order valence-corrected chi connectivity index (χ3v) is 12.7. The molecule has 0 saturated carbocycles. The van der Waals surface area contributed by atoms with Crippen molar-refractivity contribution in [3.63, 3.8) is 0 Å². The Balaban J connectivity index is 2.33. The van der Waals surface area contributed by atoms with Gasteiger partial charge in [-0.15, -0.1) is 6.58 Å². The number of ether oxygens (including phenoxy) is 4. The van der Waals surface area contributed by atoms with Crippen LogP contribution in [0.1, 0.15) is 84.5 Å². The van der Waals surface area contributed by atoms with Crippen molar-refractivity contribution in [2.24, 2.45) is 11.8 Å². The number of rotatable bonds is 15. The maximum atomic E-state index is 13.0. The molecule has 1 aromatic rings. The van der Waals surface area contributed by atoms with E-state index in [9.17, 15) is 14.7 Å². The zero-order valence-electron chi connectivity index (χ0n) is 28.6. The minimum atomic E-state index is -1.99. The monoisotopic (exact) mass is 634 g/mol. The van der Waals surface area contributed by atoms with Crippen molar-refractivity contribution >= 4 is 26.3 Å². The standard InChI is InChI=1S/C34H54O9Si/c1-14-24(43-44(12,13)34(8,9)10)15-21(2)16-25-17-22(3)29(40-25)30-26(23(4)31(36)41-30)18-28(39-20-38-11)27(19-35)32(37)42-33(5,6)7/h14,16-17,24,26-28,30,35H,1,4,15,18-20H2,2-3,5-13H3/b21-16+/t24-,26+,27?,28-,30+/m1/s1. The van der Waals surface area contributed by atoms with E-state index in [0.29, 0.717) is 17.9 Å². The summed E-state index contributed by atoms with van der Waals surface area (Å²) in [6.07, 6.45) is 2.85. The van der Waals surface area contributed by atoms with E-state index in [-0.39, 0.29) is 29.9 Å². The Hall–Kier alpha value is -2.50. The number of methoxy groups -OCH3 is 1. The van der Waals surface area contributed by atoms with Gasteiger partial charge in [-0.3, -0.25) is 4.79 Å². The lowest BCUT2D eigenvalue weighted by molar-refractivity contribution is -0.174. The Morgan fingerprint density at radius 3 is 2.36 bits per heavy atom. The second-order valence-corrected chi connectivity index (χ2v) is 18.9. The van der Waals surface area contributed by atoms with Crippen LogP contribution in [0.2, 0.25) is 18.1 Å². The number of esters is 2. The predicted octanol–water partition coefficient (Wildman–Crippen LogP) is 7.06. The molecule has 44 heavy (non-hydrogen) atoms. The van der Waals surface area contributed by atoms with Gasteiger partial charge in [0.05, 0.1) is 18.8 Å². The van der Waals surface area contributed by atoms with Crippen LogP contribution in [0.15, 0.2) is 40.9 Å². The lowest BCUT2D eigenvalue weighted by atomic mass is 9.85. The zero-order chi connectivity index (χ0) is 33.6. The number of hydrogen-bond acceptors (Lipinski definition) is 9. The molecule has 2 rings (SSSR count). The normalized spacial score (nSPS) is 20.3. The molecule has 0 aromatic carbocycles. The van der Waals surface area contributed by atoms with E-state index in [1.165, 1.54) is 7.11 Å². The summed E-state index contributed by atoms with van der Waals surface area (Å²) in [6, 6.07) is 1.90. The second kappa shape index (κ2) is 15.2. The van der Waals surface area contributed by atoms with Crippen LogP contribution in [-0.2, 0) is 33.0 Å². The average molecular weight is 635 g/mol. The van der Waals surface area contributed by atoms with E-state index < -0.39 is 56.5 Å². The van der Waals surface area contributed by atoms with Crippen molar-refractivity contribution in [3.05, 3.63) is 53.5 Å². The number of cyclic esters (lactones) is 1. The average Bonchev–Trinajstić information content (AvgIpc) is 3.38. The predicted molar refractivity (Wildman–Crippen MR) is 173 cm³/mol. The number of hydrogen-bond donors (Lipinski definition) is 1. The molecule has 10 heteroatoms. The van der Waals surface area contributed by atoms with Crippen LogP contribution >= 0.6 is 0 Å². The Kier molecular flexibility index (Phi) is 13.0. The number of aliphatic hydroxyl groups excluding tert-OH is 1. The Morgan fingerprint density at radius 1 is 1.20 bits per heavy atom. The Bertz CT molecular complexity index is 1200. The molecule has 0 radical (unpaired) electrons. The molecule has 1 fully saturated rings. The first-order valence-corrected chi connectivity index (χ1v) is 18.1. The van der Waals surface area contributed by atoms with Gasteiger partial charge in [0, 0.05) is 18.6 Å². The van der Waals surface area contributed by atoms with E-state index in [4.69, 9.17) is 27.8 Å². The van der Waals surface area contributed by atoms with Crippen molar-refractivity contribution < 1.29 is 42.5 Å². The fourth-order valence-electron chi connectivity index (χ4n) is 4.81. The maximum Gasteiger partial charge on any atom is 0.334 e. The van der Waals surface area contributed by atoms with Crippen molar-refractivity contribution in [2.45, 2.75) is 110 Å². The van der Waals surface area contributed by atoms with E-state index in [1.54, 1.807) is 20.8 Å². The molecule has 1 aromatic heterocycles. The van der Waals surface area contributed by atoms with Crippen LogP contribution in [0.25, 0.3) is 6.08 Å². The number of carbonyl (C=O) groups is 2. The van der Waals surface area contributed by atoms with Gasteiger partial charge in [0.15, 0.2) is 14.4 Å². The minimum Gasteiger partial charge on any atom is -0.460 e. The number of furan rings is 1. The van der Waals surface area contributed by atoms with E-state index in [0.717, 1.165) is 11.1 Å². The summed E-state index contributed by atoms with van der Waals surface area (Å²) in [7, 11) is -0.524. The number of aliphatic hydroxyl groups is 1. The molecule has 0 aliphatic carbocycles. The maximum absolute atomic E-state index is 13.0. The van der Waals surface area contributed by atoms with Crippen molar-refractivity contribution in [3.8, 4) is 0 Å². The largest absolute Gasteiger partial charge is 0.460 e. The van der Waals surface area contributed by atoms with Crippen LogP contribution in [0.4, 0.5) is 0 Å². The second-order valence-electron chi connectivity index (χ2n) is 14.2. The smallest absolute Gasteiger partial charge is 0.334 e. The third kappa shape index (κ3) is 10.0. The van der Waals surface area contributed by atoms with Crippen molar-refractivity contribution in [1.82, 2.24) is 0 Å². The van der Waals surface area contributed by atoms with Crippen LogP contribution < -0.4 is 0 Å². The van der Waals surface area contributed by atoms with Gasteiger partial charge in [0.1, 0.15) is 29.8 Å². The summed E-state index contributed by atoms with van der Waals surface area (Å²) in [4.78, 5) is 25.7. The fraction of sp³-hybridized carbons (Fsp3) is 0.647. The SMILES string of the molecule is C=C[C@H](C/C(C)=C/c1cc(C)c([C@H]2OC(=O)C(=C)[C@@H]2C[C@@H](OCOC)C(CO)C(=O)OC(C)(C)C)o1)O[Si](C)(C)C(C)(C)C. The third-order valence-electron chi connectivity index (χ3n) is 8.21. The highest BCUT2D eigenvalue weighted by Gasteiger charge is 2.46. The highest BCUT2D eigenvalue weighted by molar-refractivity contribution is 6.74. The summed E-state index contributed by atoms with van der Waals surface area (Å²) < 4.78 is 35.1. The lowest BCUT2D eigenvalue weighted by Crippen LogP contribution is -2.43. The molecule has 1 saturated heterocycles. The van der Waals surface area contributed by atoms with Gasteiger partial charge in [0.25, 0.3) is 0 Å². The molecule has 2 heterocycles. The molecular weight excluding hydrogens is 580 g/mol. The molecule has 0 bridgehead atoms. The van der Waals surface area contributed by atoms with Crippen LogP contribution in [0.5, 0.6) is 0 Å². The molecule has 0 amide bonds. The highest BCUT2D eigenvalue weighted by atomic mass is 28.4. The van der Waals surface area contributed by atoms with Gasteiger partial charge in [-0.25, -0.2) is 4.79 Å². The van der Waals surface area contributed by atoms with Crippen molar-refractivity contribution in [2.75, 3.05) is 20.5 Å². The van der Waals surface area contributed by atoms with Crippen LogP contribution in [0, 0.1) is 18.8 Å². The molecular formula is C34H54O9Si. The van der Waals surface area contributed by atoms with E-state index in [2.05, 4.69) is 47.0 Å². The van der Waals surface area contributed by atoms with Gasteiger partial charge in [0.2, 0.25) is 0 Å². The van der Waals surface area contributed by atoms with Gasteiger partial charge >= 0.3 is 11.9 Å². The topological polar surface area (TPSA) is 114 Å². The first-order chi connectivity index (χ1) is 20.2. The van der Waals surface area contributed by atoms with Crippen LogP contribution in [0.3, 0.4) is 0 Å². The molecule has 0 spiro atoms. The number of aryl methyl sites for hydroxylation is 1. The summed E-state index contributed by atoms with van der Waals surface area (Å²) in [5.74, 6) is -1.65. The quantitative estimate of drug-likeness (QED) is 0.0712. The van der Waals surface area contributed by atoms with Crippen LogP contribution in [-0.4, -0.2) is 63.7 Å². The molecule has 1 aliphatic rings. The molecule has 248 valence electrons. The van der Waals surface area contributed by atoms with Gasteiger partial charge in [-0.1, -0.05) is 39.0 Å². The summed E-state index contributed by atoms with van der Waals surface area (Å²) in [5, 5.41) is 10.3. The molecule has 1 aliphatic heterocycles. The van der Waals surface area contributed by atoms with E-state index >= 15 is 0 Å². The molecule has 1 unspecified atom stereocenters. The fourth-order valence-corrected chi connectivity index (χ4v) is 6.10. The van der Waals surface area contributed by atoms with Gasteiger partial charge in [-0.2, -0.15) is 0 Å². The highest BCUT2D eigenvalue weighted by Crippen LogP contribution is 2.44. The lowest BCUT2D eigenvalue weighted by Gasteiger charge is -2.38. The summed E-state index contributed by atoms with van der Waals surface area (Å²) >= 11 is 0. The van der Waals surface area contributed by atoms with Crippen molar-refractivity contribution in [1.29, 1.82) is 0 Å². The Labute approximate surface area is 264 Å². The first kappa shape index (κ1) is 37.7. The Morgan fingerprint density at radius 2 is 1.84 bits per heavy atom. The number of carbonyl (C=O) groups excluding carboxylic acids is 2. The summed E-state index contributed by atoms with van der Waals surface area (Å²) in [5.41, 5.74) is 1.33. The minimum absolute atomic E-state index is 0.0792. The molecule has 9 nitrogen and oxygen atoms in total. The molecule has 5 atom stereocenters. The summed E-state index contributed by atoms with van der Waals surface area (Å²) in [6.45, 7) is 27.6. The first-order valence-electron chi connectivity index (χ1n) is 15.2. The van der Waals surface area contributed by atoms with E-state index in [1.807, 2.05) is 32.1 Å². The zero-order valence-corrected chi connectivity index (χ0v) is 29.6.